The number of amides is 1. The Bertz CT molecular complexity index is 751. The van der Waals surface area contributed by atoms with E-state index in [1.165, 1.54) is 16.8 Å². The maximum absolute atomic E-state index is 12.7. The first-order valence-corrected chi connectivity index (χ1v) is 9.45. The number of aromatic nitrogens is 1. The molecule has 132 valence electrons. The third-order valence-electron chi connectivity index (χ3n) is 5.74. The third kappa shape index (κ3) is 3.36. The van der Waals surface area contributed by atoms with Gasteiger partial charge in [-0.1, -0.05) is 24.3 Å². The molecule has 1 aliphatic heterocycles. The summed E-state index contributed by atoms with van der Waals surface area (Å²) in [7, 11) is 2.09. The molecule has 4 nitrogen and oxygen atoms in total. The number of hydrogen-bond acceptors (Lipinski definition) is 2. The van der Waals surface area contributed by atoms with Crippen LogP contribution in [0, 0.1) is 0 Å². The van der Waals surface area contributed by atoms with Crippen molar-refractivity contribution in [3.05, 3.63) is 59.4 Å². The first-order valence-electron chi connectivity index (χ1n) is 9.45. The molecular formula is C21H27N3O. The van der Waals surface area contributed by atoms with E-state index >= 15 is 0 Å². The van der Waals surface area contributed by atoms with Crippen LogP contribution in [0.3, 0.4) is 0 Å². The van der Waals surface area contributed by atoms with E-state index in [0.717, 1.165) is 38.6 Å². The maximum Gasteiger partial charge on any atom is 0.234 e. The Morgan fingerprint density at radius 3 is 2.88 bits per heavy atom. The number of likely N-dealkylation sites (tertiary alicyclic amines) is 1. The Morgan fingerprint density at radius 2 is 2.04 bits per heavy atom. The van der Waals surface area contributed by atoms with Crippen LogP contribution in [-0.4, -0.2) is 28.5 Å². The summed E-state index contributed by atoms with van der Waals surface area (Å²) < 4.78 is 2.18. The minimum absolute atomic E-state index is 0.155. The van der Waals surface area contributed by atoms with Crippen molar-refractivity contribution < 1.29 is 4.79 Å². The summed E-state index contributed by atoms with van der Waals surface area (Å²) in [6.45, 7) is 1.50. The van der Waals surface area contributed by atoms with E-state index in [1.54, 1.807) is 0 Å². The summed E-state index contributed by atoms with van der Waals surface area (Å²) >= 11 is 0. The summed E-state index contributed by atoms with van der Waals surface area (Å²) in [6, 6.07) is 13.3. The predicted molar refractivity (Wildman–Crippen MR) is 99.2 cm³/mol. The molecule has 4 heteroatoms. The van der Waals surface area contributed by atoms with E-state index in [-0.39, 0.29) is 11.9 Å². The number of hydrogen-bond donors (Lipinski definition) is 1. The fraction of sp³-hybridized carbons (Fsp3) is 0.476. The average Bonchev–Trinajstić information content (AvgIpc) is 3.23. The van der Waals surface area contributed by atoms with Crippen molar-refractivity contribution in [3.63, 3.8) is 0 Å². The second kappa shape index (κ2) is 7.04. The van der Waals surface area contributed by atoms with Crippen LogP contribution < -0.4 is 5.32 Å². The van der Waals surface area contributed by atoms with Gasteiger partial charge in [-0.2, -0.15) is 0 Å². The van der Waals surface area contributed by atoms with Crippen LogP contribution in [0.2, 0.25) is 0 Å². The summed E-state index contributed by atoms with van der Waals surface area (Å²) in [5, 5.41) is 3.30. The molecule has 1 fully saturated rings. The van der Waals surface area contributed by atoms with Crippen molar-refractivity contribution in [2.24, 2.45) is 7.05 Å². The molecule has 0 unspecified atom stereocenters. The molecule has 2 heterocycles. The molecule has 1 N–H and O–H groups in total. The van der Waals surface area contributed by atoms with Crippen molar-refractivity contribution in [1.29, 1.82) is 0 Å². The van der Waals surface area contributed by atoms with E-state index in [1.807, 2.05) is 0 Å². The lowest BCUT2D eigenvalue weighted by Gasteiger charge is -2.29. The Morgan fingerprint density at radius 1 is 1.16 bits per heavy atom. The Hall–Kier alpha value is -2.07. The summed E-state index contributed by atoms with van der Waals surface area (Å²) in [4.78, 5) is 15.1. The minimum atomic E-state index is 0.155. The molecule has 4 rings (SSSR count). The molecule has 0 saturated carbocycles. The molecule has 25 heavy (non-hydrogen) atoms. The lowest BCUT2D eigenvalue weighted by atomic mass is 9.88. The van der Waals surface area contributed by atoms with Crippen LogP contribution in [0.4, 0.5) is 0 Å². The molecule has 0 bridgehead atoms. The predicted octanol–water partition coefficient (Wildman–Crippen LogP) is 3.36. The second-order valence-electron chi connectivity index (χ2n) is 7.38. The van der Waals surface area contributed by atoms with Gasteiger partial charge in [0.1, 0.15) is 0 Å². The topological polar surface area (TPSA) is 37.3 Å². The summed E-state index contributed by atoms with van der Waals surface area (Å²) in [6.07, 6.45) is 7.71. The Balaban J connectivity index is 1.42. The van der Waals surface area contributed by atoms with Crippen molar-refractivity contribution in [3.8, 4) is 0 Å². The lowest BCUT2D eigenvalue weighted by molar-refractivity contribution is -0.123. The summed E-state index contributed by atoms with van der Waals surface area (Å²) in [5.41, 5.74) is 4.01. The van der Waals surface area contributed by atoms with E-state index < -0.39 is 0 Å². The van der Waals surface area contributed by atoms with Crippen LogP contribution in [0.5, 0.6) is 0 Å². The van der Waals surface area contributed by atoms with Gasteiger partial charge in [0, 0.05) is 18.9 Å². The van der Waals surface area contributed by atoms with Gasteiger partial charge in [0.2, 0.25) is 5.91 Å². The van der Waals surface area contributed by atoms with Gasteiger partial charge >= 0.3 is 0 Å². The number of carbonyl (C=O) groups excluding carboxylic acids is 1. The molecule has 2 atom stereocenters. The van der Waals surface area contributed by atoms with Gasteiger partial charge in [0.25, 0.3) is 0 Å². The number of benzene rings is 1. The van der Waals surface area contributed by atoms with Gasteiger partial charge in [-0.05, 0) is 61.9 Å². The third-order valence-corrected chi connectivity index (χ3v) is 5.74. The highest BCUT2D eigenvalue weighted by Gasteiger charge is 2.30. The standard InChI is InChI=1S/C21H27N3O/c1-23-13-5-11-19(23)20-12-6-14-24(20)15-21(25)22-18-10-4-8-16-7-2-3-9-17(16)18/h2-3,5,7,9,11,13,18,20H,4,6,8,10,12,14-15H2,1H3,(H,22,25)/t18-,20+/m0/s1. The van der Waals surface area contributed by atoms with Gasteiger partial charge < -0.3 is 9.88 Å². The van der Waals surface area contributed by atoms with Crippen LogP contribution in [0.25, 0.3) is 0 Å². The van der Waals surface area contributed by atoms with E-state index in [4.69, 9.17) is 0 Å². The number of carbonyl (C=O) groups is 1. The van der Waals surface area contributed by atoms with E-state index in [0.29, 0.717) is 12.6 Å². The largest absolute Gasteiger partial charge is 0.353 e. The molecular weight excluding hydrogens is 310 g/mol. The van der Waals surface area contributed by atoms with Gasteiger partial charge in [-0.25, -0.2) is 0 Å². The number of nitrogens with one attached hydrogen (secondary N) is 1. The molecule has 1 aromatic heterocycles. The minimum Gasteiger partial charge on any atom is -0.353 e. The quantitative estimate of drug-likeness (QED) is 0.929. The fourth-order valence-electron chi connectivity index (χ4n) is 4.50. The lowest BCUT2D eigenvalue weighted by Crippen LogP contribution is -2.39. The smallest absolute Gasteiger partial charge is 0.234 e. The number of nitrogens with zero attached hydrogens (tertiary/aromatic N) is 2. The van der Waals surface area contributed by atoms with Gasteiger partial charge in [0.05, 0.1) is 18.6 Å². The van der Waals surface area contributed by atoms with Gasteiger partial charge in [-0.3, -0.25) is 9.69 Å². The molecule has 1 aromatic carbocycles. The Kier molecular flexibility index (Phi) is 4.62. The monoisotopic (exact) mass is 337 g/mol. The highest BCUT2D eigenvalue weighted by atomic mass is 16.2. The van der Waals surface area contributed by atoms with E-state index in [2.05, 4.69) is 64.4 Å². The van der Waals surface area contributed by atoms with Crippen LogP contribution >= 0.6 is 0 Å². The van der Waals surface area contributed by atoms with Crippen molar-refractivity contribution in [1.82, 2.24) is 14.8 Å². The van der Waals surface area contributed by atoms with Crippen LogP contribution in [0.15, 0.2) is 42.6 Å². The first-order chi connectivity index (χ1) is 12.2. The normalized spacial score (nSPS) is 23.4. The SMILES string of the molecule is Cn1cccc1[C@H]1CCCN1CC(=O)N[C@H]1CCCc2ccccc21. The van der Waals surface area contributed by atoms with Gasteiger partial charge in [0.15, 0.2) is 0 Å². The molecule has 1 saturated heterocycles. The number of rotatable bonds is 4. The average molecular weight is 337 g/mol. The zero-order valence-corrected chi connectivity index (χ0v) is 14.9. The van der Waals surface area contributed by atoms with Crippen molar-refractivity contribution >= 4 is 5.91 Å². The van der Waals surface area contributed by atoms with E-state index in [9.17, 15) is 4.79 Å². The zero-order valence-electron chi connectivity index (χ0n) is 14.9. The molecule has 1 amide bonds. The van der Waals surface area contributed by atoms with Crippen LogP contribution in [-0.2, 0) is 18.3 Å². The van der Waals surface area contributed by atoms with Crippen LogP contribution in [0.1, 0.15) is 54.6 Å². The van der Waals surface area contributed by atoms with Gasteiger partial charge in [-0.15, -0.1) is 0 Å². The maximum atomic E-state index is 12.7. The highest BCUT2D eigenvalue weighted by molar-refractivity contribution is 5.78. The molecule has 0 radical (unpaired) electrons. The second-order valence-corrected chi connectivity index (χ2v) is 7.38. The molecule has 1 aliphatic carbocycles. The number of aryl methyl sites for hydroxylation is 2. The fourth-order valence-corrected chi connectivity index (χ4v) is 4.50. The van der Waals surface area contributed by atoms with Crippen molar-refractivity contribution in [2.45, 2.75) is 44.2 Å². The number of fused-ring (bicyclic) bond motifs is 1. The molecule has 0 spiro atoms. The molecule has 2 aromatic rings. The summed E-state index contributed by atoms with van der Waals surface area (Å²) in [5.74, 6) is 0.155. The highest BCUT2D eigenvalue weighted by Crippen LogP contribution is 2.32. The first kappa shape index (κ1) is 16.4. The molecule has 2 aliphatic rings. The van der Waals surface area contributed by atoms with Crippen molar-refractivity contribution in [2.75, 3.05) is 13.1 Å². The zero-order chi connectivity index (χ0) is 17.2. The Labute approximate surface area is 149 Å².